The molecule has 0 saturated carbocycles. The third kappa shape index (κ3) is 10.2. The van der Waals surface area contributed by atoms with Crippen molar-refractivity contribution < 1.29 is 19.1 Å². The quantitative estimate of drug-likeness (QED) is 0.279. The van der Waals surface area contributed by atoms with E-state index in [1.54, 1.807) is 24.3 Å². The Balaban J connectivity index is 2.78. The van der Waals surface area contributed by atoms with Crippen LogP contribution in [-0.4, -0.2) is 25.2 Å². The van der Waals surface area contributed by atoms with Crippen molar-refractivity contribution in [3.8, 4) is 0 Å². The maximum atomic E-state index is 12.8. The third-order valence-electron chi connectivity index (χ3n) is 6.34. The zero-order valence-corrected chi connectivity index (χ0v) is 21.6. The van der Waals surface area contributed by atoms with Crippen LogP contribution in [0.15, 0.2) is 24.3 Å². The van der Waals surface area contributed by atoms with Gasteiger partial charge in [-0.3, -0.25) is 0 Å². The highest BCUT2D eigenvalue weighted by Gasteiger charge is 2.23. The molecule has 4 heteroatoms. The van der Waals surface area contributed by atoms with Crippen molar-refractivity contribution in [2.24, 2.45) is 35.5 Å². The summed E-state index contributed by atoms with van der Waals surface area (Å²) in [6, 6.07) is 6.81. The summed E-state index contributed by atoms with van der Waals surface area (Å²) < 4.78 is 11.3. The molecule has 0 aromatic heterocycles. The molecule has 0 N–H and O–H groups in total. The summed E-state index contributed by atoms with van der Waals surface area (Å²) in [5, 5.41) is 0. The number of carbonyl (C=O) groups is 2. The molecule has 0 heterocycles. The molecule has 0 bridgehead atoms. The van der Waals surface area contributed by atoms with E-state index in [1.807, 2.05) is 0 Å². The molecule has 182 valence electrons. The molecule has 2 atom stereocenters. The second kappa shape index (κ2) is 14.3. The zero-order valence-electron chi connectivity index (χ0n) is 21.6. The van der Waals surface area contributed by atoms with E-state index in [4.69, 9.17) is 9.47 Å². The average molecular weight is 447 g/mol. The Morgan fingerprint density at radius 3 is 1.25 bits per heavy atom. The van der Waals surface area contributed by atoms with Gasteiger partial charge in [-0.1, -0.05) is 80.4 Å². The number of hydrogen-bond donors (Lipinski definition) is 0. The van der Waals surface area contributed by atoms with Crippen molar-refractivity contribution in [1.82, 2.24) is 0 Å². The fourth-order valence-electron chi connectivity index (χ4n) is 3.67. The van der Waals surface area contributed by atoms with Crippen molar-refractivity contribution in [3.05, 3.63) is 35.4 Å². The summed E-state index contributed by atoms with van der Waals surface area (Å²) in [6.07, 6.45) is 4.27. The summed E-state index contributed by atoms with van der Waals surface area (Å²) >= 11 is 0. The number of carbonyl (C=O) groups excluding carboxylic acids is 2. The lowest BCUT2D eigenvalue weighted by atomic mass is 9.89. The van der Waals surface area contributed by atoms with E-state index in [9.17, 15) is 9.59 Å². The van der Waals surface area contributed by atoms with E-state index in [0.29, 0.717) is 48.7 Å². The Morgan fingerprint density at radius 2 is 0.969 bits per heavy atom. The second-order valence-corrected chi connectivity index (χ2v) is 10.7. The molecule has 0 aliphatic heterocycles. The molecule has 0 aliphatic carbocycles. The summed E-state index contributed by atoms with van der Waals surface area (Å²) in [4.78, 5) is 25.7. The van der Waals surface area contributed by atoms with Gasteiger partial charge in [-0.25, -0.2) is 9.59 Å². The number of rotatable bonds is 14. The molecule has 0 fully saturated rings. The van der Waals surface area contributed by atoms with Gasteiger partial charge in [0.1, 0.15) is 0 Å². The first-order chi connectivity index (χ1) is 15.0. The van der Waals surface area contributed by atoms with Gasteiger partial charge < -0.3 is 9.47 Å². The summed E-state index contributed by atoms with van der Waals surface area (Å²) in [6.45, 7) is 18.2. The van der Waals surface area contributed by atoms with Gasteiger partial charge >= 0.3 is 11.9 Å². The van der Waals surface area contributed by atoms with Crippen molar-refractivity contribution in [2.45, 2.75) is 81.1 Å². The molecule has 1 rings (SSSR count). The standard InChI is InChI=1S/C28H46O4/c1-19(2)13-15-23(21(5)6)17-31-27(29)25-11-9-10-12-26(25)28(30)32-18-24(22(7)8)16-14-20(3)4/h9-12,19-24H,13-18H2,1-8H3/t23-,24-/m1/s1. The predicted octanol–water partition coefficient (Wildman–Crippen LogP) is 7.42. The molecule has 32 heavy (non-hydrogen) atoms. The van der Waals surface area contributed by atoms with E-state index in [1.165, 1.54) is 0 Å². The van der Waals surface area contributed by atoms with Crippen molar-refractivity contribution in [1.29, 1.82) is 0 Å². The molecule has 1 aromatic carbocycles. The molecule has 0 radical (unpaired) electrons. The van der Waals surface area contributed by atoms with Gasteiger partial charge in [0.05, 0.1) is 24.3 Å². The molecular formula is C28H46O4. The van der Waals surface area contributed by atoms with Crippen LogP contribution in [0.5, 0.6) is 0 Å². The monoisotopic (exact) mass is 446 g/mol. The van der Waals surface area contributed by atoms with Gasteiger partial charge in [-0.05, 0) is 60.5 Å². The van der Waals surface area contributed by atoms with Gasteiger partial charge in [-0.2, -0.15) is 0 Å². The van der Waals surface area contributed by atoms with Crippen LogP contribution >= 0.6 is 0 Å². The number of ether oxygens (including phenoxy) is 2. The lowest BCUT2D eigenvalue weighted by Crippen LogP contribution is -2.22. The van der Waals surface area contributed by atoms with E-state index >= 15 is 0 Å². The van der Waals surface area contributed by atoms with Gasteiger partial charge in [0.15, 0.2) is 0 Å². The highest BCUT2D eigenvalue weighted by Crippen LogP contribution is 2.23. The predicted molar refractivity (Wildman–Crippen MR) is 132 cm³/mol. The SMILES string of the molecule is CC(C)CC[C@H](COC(=O)c1ccccc1C(=O)OC[C@@H](CCC(C)C)C(C)C)C(C)C. The van der Waals surface area contributed by atoms with Crippen molar-refractivity contribution in [2.75, 3.05) is 13.2 Å². The van der Waals surface area contributed by atoms with Gasteiger partial charge in [0.25, 0.3) is 0 Å². The fraction of sp³-hybridized carbons (Fsp3) is 0.714. The van der Waals surface area contributed by atoms with Crippen LogP contribution in [-0.2, 0) is 9.47 Å². The smallest absolute Gasteiger partial charge is 0.339 e. The maximum absolute atomic E-state index is 12.8. The first-order valence-electron chi connectivity index (χ1n) is 12.5. The van der Waals surface area contributed by atoms with Crippen molar-refractivity contribution >= 4 is 11.9 Å². The molecule has 1 aromatic rings. The molecule has 0 aliphatic rings. The number of benzene rings is 1. The average Bonchev–Trinajstić information content (AvgIpc) is 2.72. The minimum Gasteiger partial charge on any atom is -0.462 e. The largest absolute Gasteiger partial charge is 0.462 e. The van der Waals surface area contributed by atoms with Gasteiger partial charge in [-0.15, -0.1) is 0 Å². The first-order valence-corrected chi connectivity index (χ1v) is 12.5. The first kappa shape index (κ1) is 28.2. The highest BCUT2D eigenvalue weighted by molar-refractivity contribution is 6.03. The zero-order chi connectivity index (χ0) is 24.3. The Hall–Kier alpha value is -1.84. The highest BCUT2D eigenvalue weighted by atomic mass is 16.5. The Labute approximate surface area is 196 Å². The van der Waals surface area contributed by atoms with Crippen LogP contribution in [0.1, 0.15) is 102 Å². The number of hydrogen-bond acceptors (Lipinski definition) is 4. The molecule has 0 saturated heterocycles. The molecule has 0 spiro atoms. The molecular weight excluding hydrogens is 400 g/mol. The molecule has 0 amide bonds. The van der Waals surface area contributed by atoms with E-state index in [2.05, 4.69) is 55.4 Å². The molecule has 0 unspecified atom stereocenters. The fourth-order valence-corrected chi connectivity index (χ4v) is 3.67. The summed E-state index contributed by atoms with van der Waals surface area (Å²) in [5.41, 5.74) is 0.569. The minimum atomic E-state index is -0.451. The van der Waals surface area contributed by atoms with Crippen LogP contribution in [0, 0.1) is 35.5 Å². The Kier molecular flexibility index (Phi) is 12.6. The maximum Gasteiger partial charge on any atom is 0.339 e. The van der Waals surface area contributed by atoms with E-state index in [-0.39, 0.29) is 11.1 Å². The minimum absolute atomic E-state index is 0.284. The van der Waals surface area contributed by atoms with E-state index in [0.717, 1.165) is 25.7 Å². The van der Waals surface area contributed by atoms with Crippen molar-refractivity contribution in [3.63, 3.8) is 0 Å². The Bertz CT molecular complexity index is 631. The third-order valence-corrected chi connectivity index (χ3v) is 6.34. The van der Waals surface area contributed by atoms with Crippen LogP contribution in [0.4, 0.5) is 0 Å². The van der Waals surface area contributed by atoms with Gasteiger partial charge in [0, 0.05) is 0 Å². The molecule has 4 nitrogen and oxygen atoms in total. The summed E-state index contributed by atoms with van der Waals surface area (Å²) in [7, 11) is 0. The lowest BCUT2D eigenvalue weighted by molar-refractivity contribution is 0.0344. The van der Waals surface area contributed by atoms with Crippen LogP contribution in [0.3, 0.4) is 0 Å². The van der Waals surface area contributed by atoms with Crippen LogP contribution in [0.2, 0.25) is 0 Å². The lowest BCUT2D eigenvalue weighted by Gasteiger charge is -2.22. The summed E-state index contributed by atoms with van der Waals surface area (Å²) in [5.74, 6) is 1.83. The number of esters is 2. The normalized spacial score (nSPS) is 13.6. The van der Waals surface area contributed by atoms with Crippen LogP contribution < -0.4 is 0 Å². The van der Waals surface area contributed by atoms with E-state index < -0.39 is 11.9 Å². The second-order valence-electron chi connectivity index (χ2n) is 10.7. The topological polar surface area (TPSA) is 52.6 Å². The Morgan fingerprint density at radius 1 is 0.625 bits per heavy atom. The van der Waals surface area contributed by atoms with Crippen LogP contribution in [0.25, 0.3) is 0 Å². The van der Waals surface area contributed by atoms with Gasteiger partial charge in [0.2, 0.25) is 0 Å².